The van der Waals surface area contributed by atoms with Gasteiger partial charge in [-0.05, 0) is 24.6 Å². The van der Waals surface area contributed by atoms with Crippen molar-refractivity contribution in [2.24, 2.45) is 0 Å². The second kappa shape index (κ2) is 8.42. The molecule has 2 aliphatic heterocycles. The molecular formula is C18H23FN4O5. The monoisotopic (exact) mass is 394 g/mol. The average Bonchev–Trinajstić information content (AvgIpc) is 3.26. The minimum absolute atomic E-state index is 0.151. The van der Waals surface area contributed by atoms with Crippen LogP contribution in [0.25, 0.3) is 0 Å². The molecule has 0 radical (unpaired) electrons. The average molecular weight is 394 g/mol. The molecule has 2 saturated heterocycles. The van der Waals surface area contributed by atoms with Crippen molar-refractivity contribution >= 4 is 29.3 Å². The third-order valence-corrected chi connectivity index (χ3v) is 4.73. The number of cyclic esters (lactones) is 1. The summed E-state index contributed by atoms with van der Waals surface area (Å²) in [4.78, 5) is 37.5. The van der Waals surface area contributed by atoms with Gasteiger partial charge in [-0.3, -0.25) is 14.5 Å². The van der Waals surface area contributed by atoms with Crippen LogP contribution in [0.4, 0.5) is 20.6 Å². The first-order valence-corrected chi connectivity index (χ1v) is 9.04. The molecule has 0 bridgehead atoms. The fraction of sp³-hybridized carbons (Fsp3) is 0.500. The zero-order chi connectivity index (χ0) is 20.3. The third-order valence-electron chi connectivity index (χ3n) is 4.73. The summed E-state index contributed by atoms with van der Waals surface area (Å²) in [6.07, 6.45) is -0.431. The molecule has 2 aliphatic rings. The van der Waals surface area contributed by atoms with Gasteiger partial charge in [0.05, 0.1) is 24.5 Å². The zero-order valence-electron chi connectivity index (χ0n) is 15.5. The number of nitrogens with zero attached hydrogens (tertiary/aromatic N) is 2. The van der Waals surface area contributed by atoms with Gasteiger partial charge in [0.2, 0.25) is 11.8 Å². The topological polar surface area (TPSA) is 111 Å². The van der Waals surface area contributed by atoms with Crippen LogP contribution in [-0.2, 0) is 14.3 Å². The summed E-state index contributed by atoms with van der Waals surface area (Å²) < 4.78 is 19.9. The molecule has 28 heavy (non-hydrogen) atoms. The Morgan fingerprint density at radius 2 is 2.14 bits per heavy atom. The largest absolute Gasteiger partial charge is 0.442 e. The summed E-state index contributed by atoms with van der Waals surface area (Å²) in [6, 6.07) is 4.36. The molecule has 3 amide bonds. The van der Waals surface area contributed by atoms with E-state index in [1.807, 2.05) is 4.90 Å². The molecule has 10 heteroatoms. The molecule has 3 N–H and O–H groups in total. The molecule has 0 aliphatic carbocycles. The number of anilines is 2. The molecule has 2 fully saturated rings. The lowest BCUT2D eigenvalue weighted by Crippen LogP contribution is -2.38. The standard InChI is InChI=1S/C18H23FN4O5/c1-11(25)20-7-14-9-23(18(27)28-14)13-2-3-16(15(19)6-13)22-5-4-12(8-22)21-17(26)10-24/h2-3,6,12,14,24H,4-5,7-10H2,1H3,(H,20,25)(H,21,26)/t12-,14-/m0/s1. The van der Waals surface area contributed by atoms with E-state index in [-0.39, 0.29) is 25.0 Å². The van der Waals surface area contributed by atoms with Gasteiger partial charge in [-0.2, -0.15) is 0 Å². The number of hydrogen-bond acceptors (Lipinski definition) is 6. The SMILES string of the molecule is CC(=O)NC[C@H]1CN(c2ccc(N3CC[C@H](NC(=O)CO)C3)c(F)c2)C(=O)O1. The Labute approximate surface area is 161 Å². The van der Waals surface area contributed by atoms with Crippen molar-refractivity contribution in [3.63, 3.8) is 0 Å². The van der Waals surface area contributed by atoms with Gasteiger partial charge in [-0.25, -0.2) is 9.18 Å². The number of rotatable bonds is 6. The highest BCUT2D eigenvalue weighted by atomic mass is 19.1. The van der Waals surface area contributed by atoms with E-state index in [1.54, 1.807) is 12.1 Å². The molecule has 0 aromatic heterocycles. The summed E-state index contributed by atoms with van der Waals surface area (Å²) in [5.74, 6) is -1.15. The Morgan fingerprint density at radius 3 is 2.82 bits per heavy atom. The van der Waals surface area contributed by atoms with Gasteiger partial charge in [0.1, 0.15) is 18.5 Å². The summed E-state index contributed by atoms with van der Waals surface area (Å²) in [6.45, 7) is 2.22. The van der Waals surface area contributed by atoms with Crippen LogP contribution in [0, 0.1) is 5.82 Å². The van der Waals surface area contributed by atoms with Crippen LogP contribution < -0.4 is 20.4 Å². The van der Waals surface area contributed by atoms with E-state index in [2.05, 4.69) is 10.6 Å². The highest BCUT2D eigenvalue weighted by molar-refractivity contribution is 5.90. The van der Waals surface area contributed by atoms with Crippen molar-refractivity contribution in [3.05, 3.63) is 24.0 Å². The first kappa shape index (κ1) is 19.9. The molecular weight excluding hydrogens is 371 g/mol. The molecule has 0 saturated carbocycles. The Morgan fingerprint density at radius 1 is 1.36 bits per heavy atom. The van der Waals surface area contributed by atoms with Gasteiger partial charge >= 0.3 is 6.09 Å². The minimum atomic E-state index is -0.588. The summed E-state index contributed by atoms with van der Waals surface area (Å²) >= 11 is 0. The van der Waals surface area contributed by atoms with E-state index in [0.717, 1.165) is 0 Å². The van der Waals surface area contributed by atoms with Gasteiger partial charge in [0.25, 0.3) is 0 Å². The molecule has 0 unspecified atom stereocenters. The van der Waals surface area contributed by atoms with Crippen LogP contribution in [0.2, 0.25) is 0 Å². The summed E-state index contributed by atoms with van der Waals surface area (Å²) in [5, 5.41) is 14.1. The molecule has 3 rings (SSSR count). The molecule has 9 nitrogen and oxygen atoms in total. The van der Waals surface area contributed by atoms with Crippen LogP contribution in [-0.4, -0.2) is 67.9 Å². The van der Waals surface area contributed by atoms with Crippen LogP contribution in [0.15, 0.2) is 18.2 Å². The minimum Gasteiger partial charge on any atom is -0.442 e. The Balaban J connectivity index is 1.64. The number of nitrogens with one attached hydrogen (secondary N) is 2. The Kier molecular flexibility index (Phi) is 5.98. The number of carbonyl (C=O) groups is 3. The number of hydrogen-bond donors (Lipinski definition) is 3. The van der Waals surface area contributed by atoms with Gasteiger partial charge in [0.15, 0.2) is 0 Å². The number of halogens is 1. The van der Waals surface area contributed by atoms with E-state index in [9.17, 15) is 18.8 Å². The Bertz CT molecular complexity index is 774. The van der Waals surface area contributed by atoms with E-state index in [4.69, 9.17) is 9.84 Å². The summed E-state index contributed by atoms with van der Waals surface area (Å²) in [5.41, 5.74) is 0.757. The third kappa shape index (κ3) is 4.50. The highest BCUT2D eigenvalue weighted by Crippen LogP contribution is 2.29. The number of amides is 3. The number of aliphatic hydroxyl groups excluding tert-OH is 1. The molecule has 1 aromatic carbocycles. The first-order valence-electron chi connectivity index (χ1n) is 9.04. The quantitative estimate of drug-likeness (QED) is 0.625. The number of benzene rings is 1. The van der Waals surface area contributed by atoms with Crippen molar-refractivity contribution in [1.29, 1.82) is 0 Å². The Hall–Kier alpha value is -2.88. The van der Waals surface area contributed by atoms with Crippen molar-refractivity contribution in [2.45, 2.75) is 25.5 Å². The normalized spacial score (nSPS) is 21.6. The van der Waals surface area contributed by atoms with Gasteiger partial charge in [-0.15, -0.1) is 0 Å². The van der Waals surface area contributed by atoms with E-state index >= 15 is 0 Å². The van der Waals surface area contributed by atoms with Gasteiger partial charge in [0, 0.05) is 26.1 Å². The lowest BCUT2D eigenvalue weighted by molar-refractivity contribution is -0.124. The highest BCUT2D eigenvalue weighted by Gasteiger charge is 2.33. The molecule has 0 spiro atoms. The molecule has 2 heterocycles. The fourth-order valence-electron chi connectivity index (χ4n) is 3.39. The van der Waals surface area contributed by atoms with Gasteiger partial charge < -0.3 is 25.4 Å². The number of ether oxygens (including phenoxy) is 1. The number of carbonyl (C=O) groups excluding carboxylic acids is 3. The van der Waals surface area contributed by atoms with Crippen molar-refractivity contribution < 1.29 is 28.6 Å². The van der Waals surface area contributed by atoms with Crippen LogP contribution >= 0.6 is 0 Å². The second-order valence-corrected chi connectivity index (χ2v) is 6.85. The van der Waals surface area contributed by atoms with Crippen LogP contribution in [0.5, 0.6) is 0 Å². The molecule has 1 aromatic rings. The van der Waals surface area contributed by atoms with Crippen LogP contribution in [0.3, 0.4) is 0 Å². The zero-order valence-corrected chi connectivity index (χ0v) is 15.5. The second-order valence-electron chi connectivity index (χ2n) is 6.85. The van der Waals surface area contributed by atoms with Gasteiger partial charge in [-0.1, -0.05) is 0 Å². The summed E-state index contributed by atoms with van der Waals surface area (Å²) in [7, 11) is 0. The van der Waals surface area contributed by atoms with Crippen molar-refractivity contribution in [1.82, 2.24) is 10.6 Å². The predicted molar refractivity (Wildman–Crippen MR) is 98.5 cm³/mol. The molecule has 2 atom stereocenters. The van der Waals surface area contributed by atoms with Crippen molar-refractivity contribution in [2.75, 3.05) is 42.6 Å². The maximum Gasteiger partial charge on any atom is 0.414 e. The molecule has 152 valence electrons. The van der Waals surface area contributed by atoms with E-state index in [0.29, 0.717) is 30.9 Å². The maximum absolute atomic E-state index is 14.7. The smallest absolute Gasteiger partial charge is 0.414 e. The van der Waals surface area contributed by atoms with E-state index in [1.165, 1.54) is 17.9 Å². The van der Waals surface area contributed by atoms with E-state index < -0.39 is 30.5 Å². The van der Waals surface area contributed by atoms with Crippen LogP contribution in [0.1, 0.15) is 13.3 Å². The number of aliphatic hydroxyl groups is 1. The maximum atomic E-state index is 14.7. The lowest BCUT2D eigenvalue weighted by atomic mass is 10.2. The lowest BCUT2D eigenvalue weighted by Gasteiger charge is -2.21. The fourth-order valence-corrected chi connectivity index (χ4v) is 3.39. The first-order chi connectivity index (χ1) is 13.4. The van der Waals surface area contributed by atoms with Crippen molar-refractivity contribution in [3.8, 4) is 0 Å². The predicted octanol–water partition coefficient (Wildman–Crippen LogP) is -0.0258.